The van der Waals surface area contributed by atoms with E-state index < -0.39 is 0 Å². The van der Waals surface area contributed by atoms with Gasteiger partial charge in [0.2, 0.25) is 5.91 Å². The monoisotopic (exact) mass is 439 g/mol. The lowest BCUT2D eigenvalue weighted by Gasteiger charge is -2.13. The average Bonchev–Trinajstić information content (AvgIpc) is 2.83. The first-order valence-electron chi connectivity index (χ1n) is 10.8. The molecular weight excluding hydrogens is 414 g/mol. The Balaban J connectivity index is 1.64. The molecular formula is C27H25N3O3. The summed E-state index contributed by atoms with van der Waals surface area (Å²) in [6.45, 7) is 4.32. The largest absolute Gasteiger partial charge is 0.494 e. The molecule has 2 N–H and O–H groups in total. The lowest BCUT2D eigenvalue weighted by Crippen LogP contribution is -2.23. The zero-order chi connectivity index (χ0) is 23.2. The van der Waals surface area contributed by atoms with E-state index in [1.165, 1.54) is 6.92 Å². The van der Waals surface area contributed by atoms with Gasteiger partial charge in [-0.05, 0) is 37.3 Å². The fraction of sp³-hybridized carbons (Fsp3) is 0.148. The third-order valence-corrected chi connectivity index (χ3v) is 5.17. The Morgan fingerprint density at radius 2 is 1.67 bits per heavy atom. The summed E-state index contributed by atoms with van der Waals surface area (Å²) in [5.41, 5.74) is 4.45. The second-order valence-corrected chi connectivity index (χ2v) is 7.55. The van der Waals surface area contributed by atoms with E-state index in [0.29, 0.717) is 30.1 Å². The third-order valence-electron chi connectivity index (χ3n) is 5.17. The smallest absolute Gasteiger partial charge is 0.252 e. The van der Waals surface area contributed by atoms with Crippen molar-refractivity contribution in [1.82, 2.24) is 10.3 Å². The summed E-state index contributed by atoms with van der Waals surface area (Å²) in [4.78, 5) is 29.3. The first-order chi connectivity index (χ1) is 16.0. The number of amides is 2. The molecule has 0 aliphatic carbocycles. The van der Waals surface area contributed by atoms with Crippen LogP contribution in [0.3, 0.4) is 0 Å². The highest BCUT2D eigenvalue weighted by Gasteiger charge is 2.15. The maximum Gasteiger partial charge on any atom is 0.252 e. The molecule has 0 aliphatic heterocycles. The number of carbonyl (C=O) groups excluding carboxylic acids is 2. The second kappa shape index (κ2) is 9.96. The molecule has 0 saturated heterocycles. The molecule has 2 amide bonds. The quantitative estimate of drug-likeness (QED) is 0.415. The Kier molecular flexibility index (Phi) is 6.64. The number of hydrogen-bond acceptors (Lipinski definition) is 4. The summed E-state index contributed by atoms with van der Waals surface area (Å²) in [5.74, 6) is 0.451. The number of fused-ring (bicyclic) bond motifs is 1. The van der Waals surface area contributed by atoms with Gasteiger partial charge in [-0.2, -0.15) is 0 Å². The second-order valence-electron chi connectivity index (χ2n) is 7.55. The van der Waals surface area contributed by atoms with Crippen LogP contribution < -0.4 is 15.4 Å². The number of rotatable bonds is 7. The van der Waals surface area contributed by atoms with Gasteiger partial charge in [0, 0.05) is 35.7 Å². The number of hydrogen-bond donors (Lipinski definition) is 2. The molecule has 0 radical (unpaired) electrons. The summed E-state index contributed by atoms with van der Waals surface area (Å²) in [5, 5.41) is 6.56. The van der Waals surface area contributed by atoms with E-state index in [1.54, 1.807) is 6.07 Å². The first-order valence-corrected chi connectivity index (χ1v) is 10.8. The summed E-state index contributed by atoms with van der Waals surface area (Å²) in [6, 6.07) is 24.5. The Labute approximate surface area is 192 Å². The summed E-state index contributed by atoms with van der Waals surface area (Å²) in [7, 11) is 0. The molecule has 0 saturated carbocycles. The van der Waals surface area contributed by atoms with Crippen molar-refractivity contribution < 1.29 is 14.3 Å². The van der Waals surface area contributed by atoms with Crippen LogP contribution in [0, 0.1) is 0 Å². The van der Waals surface area contributed by atoms with Gasteiger partial charge in [-0.1, -0.05) is 48.5 Å². The van der Waals surface area contributed by atoms with Crippen LogP contribution in [-0.2, 0) is 11.3 Å². The van der Waals surface area contributed by atoms with Crippen LogP contribution in [0.1, 0.15) is 29.8 Å². The topological polar surface area (TPSA) is 80.3 Å². The SMILES string of the molecule is CCOc1ccccc1CNC(=O)c1cc(-c2ccc(NC(C)=O)cc2)nc2ccccc12. The zero-order valence-electron chi connectivity index (χ0n) is 18.6. The van der Waals surface area contributed by atoms with Gasteiger partial charge < -0.3 is 15.4 Å². The number of para-hydroxylation sites is 2. The van der Waals surface area contributed by atoms with E-state index >= 15 is 0 Å². The Bertz CT molecular complexity index is 1300. The minimum atomic E-state index is -0.184. The third kappa shape index (κ3) is 5.18. The van der Waals surface area contributed by atoms with Gasteiger partial charge in [0.25, 0.3) is 5.91 Å². The minimum absolute atomic E-state index is 0.128. The molecule has 6 heteroatoms. The minimum Gasteiger partial charge on any atom is -0.494 e. The van der Waals surface area contributed by atoms with Gasteiger partial charge in [-0.3, -0.25) is 9.59 Å². The van der Waals surface area contributed by atoms with Crippen molar-refractivity contribution in [3.05, 3.63) is 90.0 Å². The van der Waals surface area contributed by atoms with Crippen LogP contribution in [0.15, 0.2) is 78.9 Å². The number of pyridine rings is 1. The van der Waals surface area contributed by atoms with Gasteiger partial charge in [0.15, 0.2) is 0 Å². The van der Waals surface area contributed by atoms with Gasteiger partial charge in [0.05, 0.1) is 23.4 Å². The van der Waals surface area contributed by atoms with Gasteiger partial charge >= 0.3 is 0 Å². The normalized spacial score (nSPS) is 10.6. The Hall–Kier alpha value is -4.19. The molecule has 0 atom stereocenters. The predicted molar refractivity (Wildman–Crippen MR) is 130 cm³/mol. The number of ether oxygens (including phenoxy) is 1. The molecule has 4 aromatic rings. The standard InChI is InChI=1S/C27H25N3O3/c1-3-33-26-11-7-4-8-20(26)17-28-27(32)23-16-25(30-24-10-6-5-9-22(23)24)19-12-14-21(15-13-19)29-18(2)31/h4-16H,3,17H2,1-2H3,(H,28,32)(H,29,31). The van der Waals surface area contributed by atoms with Crippen LogP contribution in [0.5, 0.6) is 5.75 Å². The molecule has 0 bridgehead atoms. The van der Waals surface area contributed by atoms with Crippen LogP contribution in [0.2, 0.25) is 0 Å². The highest BCUT2D eigenvalue weighted by Crippen LogP contribution is 2.26. The van der Waals surface area contributed by atoms with Crippen molar-refractivity contribution in [3.8, 4) is 17.0 Å². The first kappa shape index (κ1) is 22.0. The average molecular weight is 440 g/mol. The number of anilines is 1. The highest BCUT2D eigenvalue weighted by molar-refractivity contribution is 6.07. The summed E-state index contributed by atoms with van der Waals surface area (Å²) < 4.78 is 5.67. The van der Waals surface area contributed by atoms with Crippen molar-refractivity contribution >= 4 is 28.4 Å². The maximum absolute atomic E-state index is 13.2. The zero-order valence-corrected chi connectivity index (χ0v) is 18.6. The predicted octanol–water partition coefficient (Wildman–Crippen LogP) is 5.19. The number of benzene rings is 3. The van der Waals surface area contributed by atoms with E-state index in [9.17, 15) is 9.59 Å². The maximum atomic E-state index is 13.2. The van der Waals surface area contributed by atoms with E-state index in [4.69, 9.17) is 9.72 Å². The molecule has 0 aliphatic rings. The highest BCUT2D eigenvalue weighted by atomic mass is 16.5. The number of aromatic nitrogens is 1. The van der Waals surface area contributed by atoms with E-state index in [0.717, 1.165) is 27.8 Å². The van der Waals surface area contributed by atoms with Gasteiger partial charge in [0.1, 0.15) is 5.75 Å². The van der Waals surface area contributed by atoms with Crippen molar-refractivity contribution in [1.29, 1.82) is 0 Å². The number of nitrogens with zero attached hydrogens (tertiary/aromatic N) is 1. The molecule has 3 aromatic carbocycles. The molecule has 166 valence electrons. The molecule has 6 nitrogen and oxygen atoms in total. The summed E-state index contributed by atoms with van der Waals surface area (Å²) >= 11 is 0. The van der Waals surface area contributed by atoms with Crippen molar-refractivity contribution in [2.45, 2.75) is 20.4 Å². The molecule has 0 spiro atoms. The Morgan fingerprint density at radius 1 is 0.939 bits per heavy atom. The Morgan fingerprint density at radius 3 is 2.42 bits per heavy atom. The van der Waals surface area contributed by atoms with E-state index in [1.807, 2.05) is 79.7 Å². The van der Waals surface area contributed by atoms with Crippen LogP contribution >= 0.6 is 0 Å². The van der Waals surface area contributed by atoms with Crippen LogP contribution in [-0.4, -0.2) is 23.4 Å². The lowest BCUT2D eigenvalue weighted by molar-refractivity contribution is -0.114. The molecule has 33 heavy (non-hydrogen) atoms. The lowest BCUT2D eigenvalue weighted by atomic mass is 10.0. The van der Waals surface area contributed by atoms with Crippen molar-refractivity contribution in [3.63, 3.8) is 0 Å². The van der Waals surface area contributed by atoms with Crippen LogP contribution in [0.25, 0.3) is 22.2 Å². The fourth-order valence-corrected chi connectivity index (χ4v) is 3.66. The van der Waals surface area contributed by atoms with E-state index in [-0.39, 0.29) is 11.8 Å². The van der Waals surface area contributed by atoms with Crippen molar-refractivity contribution in [2.75, 3.05) is 11.9 Å². The van der Waals surface area contributed by atoms with Crippen LogP contribution in [0.4, 0.5) is 5.69 Å². The molecule has 1 aromatic heterocycles. The van der Waals surface area contributed by atoms with Crippen molar-refractivity contribution in [2.24, 2.45) is 0 Å². The molecule has 0 unspecified atom stereocenters. The number of carbonyl (C=O) groups is 2. The van der Waals surface area contributed by atoms with E-state index in [2.05, 4.69) is 10.6 Å². The van der Waals surface area contributed by atoms with Gasteiger partial charge in [-0.25, -0.2) is 4.98 Å². The molecule has 0 fully saturated rings. The molecule has 4 rings (SSSR count). The fourth-order valence-electron chi connectivity index (χ4n) is 3.66. The number of nitrogens with one attached hydrogen (secondary N) is 2. The van der Waals surface area contributed by atoms with Gasteiger partial charge in [-0.15, -0.1) is 0 Å². The molecule has 1 heterocycles. The summed E-state index contributed by atoms with van der Waals surface area (Å²) in [6.07, 6.45) is 0.